The number of rotatable bonds is 6. The molecule has 1 heterocycles. The molecule has 1 aromatic carbocycles. The molecule has 0 saturated heterocycles. The van der Waals surface area contributed by atoms with Crippen LogP contribution in [0, 0.1) is 6.92 Å². The van der Waals surface area contributed by atoms with Gasteiger partial charge in [0.1, 0.15) is 0 Å². The van der Waals surface area contributed by atoms with Gasteiger partial charge < -0.3 is 10.1 Å². The number of aryl methyl sites for hydroxylation is 1. The van der Waals surface area contributed by atoms with Crippen molar-refractivity contribution in [2.75, 3.05) is 25.6 Å². The van der Waals surface area contributed by atoms with E-state index in [9.17, 15) is 0 Å². The minimum absolute atomic E-state index is 0.723. The summed E-state index contributed by atoms with van der Waals surface area (Å²) in [5.41, 5.74) is 3.44. The van der Waals surface area contributed by atoms with Gasteiger partial charge in [-0.3, -0.25) is 4.57 Å². The summed E-state index contributed by atoms with van der Waals surface area (Å²) in [4.78, 5) is 4.52. The van der Waals surface area contributed by atoms with Crippen molar-refractivity contribution >= 4 is 5.95 Å². The first-order chi connectivity index (χ1) is 9.26. The lowest BCUT2D eigenvalue weighted by Gasteiger charge is -2.13. The number of para-hydroxylation sites is 1. The highest BCUT2D eigenvalue weighted by Crippen LogP contribution is 2.20. The molecule has 0 fully saturated rings. The Morgan fingerprint density at radius 3 is 2.84 bits per heavy atom. The zero-order chi connectivity index (χ0) is 13.7. The lowest BCUT2D eigenvalue weighted by atomic mass is 10.1. The highest BCUT2D eigenvalue weighted by molar-refractivity contribution is 5.48. The molecular formula is C15H21N3O. The number of ether oxygens (including phenoxy) is 1. The second kappa shape index (κ2) is 6.38. The van der Waals surface area contributed by atoms with Crippen LogP contribution in [0.1, 0.15) is 18.2 Å². The normalized spacial score (nSPS) is 10.7. The molecular weight excluding hydrogens is 238 g/mol. The van der Waals surface area contributed by atoms with Crippen LogP contribution in [0.3, 0.4) is 0 Å². The molecule has 0 amide bonds. The predicted octanol–water partition coefficient (Wildman–Crippen LogP) is 2.80. The SMILES string of the molecule is CCNc1nc(C)cn1-c1ccccc1CCOC. The standard InChI is InChI=1S/C15H21N3O/c1-4-16-15-17-12(2)11-18(15)14-8-6-5-7-13(14)9-10-19-3/h5-8,11H,4,9-10H2,1-3H3,(H,16,17). The van der Waals surface area contributed by atoms with Crippen molar-refractivity contribution in [3.8, 4) is 5.69 Å². The number of benzene rings is 1. The molecule has 0 unspecified atom stereocenters. The minimum atomic E-state index is 0.723. The highest BCUT2D eigenvalue weighted by Gasteiger charge is 2.10. The van der Waals surface area contributed by atoms with Crippen LogP contribution in [0.2, 0.25) is 0 Å². The lowest BCUT2D eigenvalue weighted by Crippen LogP contribution is -2.07. The largest absolute Gasteiger partial charge is 0.384 e. The second-order valence-electron chi connectivity index (χ2n) is 4.48. The van der Waals surface area contributed by atoms with Crippen molar-refractivity contribution in [2.24, 2.45) is 0 Å². The fourth-order valence-corrected chi connectivity index (χ4v) is 2.13. The van der Waals surface area contributed by atoms with E-state index in [0.29, 0.717) is 0 Å². The first-order valence-electron chi connectivity index (χ1n) is 6.63. The monoisotopic (exact) mass is 259 g/mol. The molecule has 1 N–H and O–H groups in total. The molecule has 4 nitrogen and oxygen atoms in total. The first-order valence-corrected chi connectivity index (χ1v) is 6.63. The van der Waals surface area contributed by atoms with Crippen LogP contribution in [-0.2, 0) is 11.2 Å². The zero-order valence-corrected chi connectivity index (χ0v) is 11.8. The van der Waals surface area contributed by atoms with Gasteiger partial charge in [-0.1, -0.05) is 18.2 Å². The second-order valence-corrected chi connectivity index (χ2v) is 4.48. The molecule has 2 rings (SSSR count). The van der Waals surface area contributed by atoms with E-state index in [1.54, 1.807) is 7.11 Å². The van der Waals surface area contributed by atoms with Gasteiger partial charge in [0.25, 0.3) is 0 Å². The number of methoxy groups -OCH3 is 1. The molecule has 4 heteroatoms. The van der Waals surface area contributed by atoms with Crippen LogP contribution >= 0.6 is 0 Å². The van der Waals surface area contributed by atoms with Gasteiger partial charge in [0.05, 0.1) is 18.0 Å². The maximum atomic E-state index is 5.18. The third kappa shape index (κ3) is 3.15. The van der Waals surface area contributed by atoms with Gasteiger partial charge in [0.2, 0.25) is 5.95 Å². The predicted molar refractivity (Wildman–Crippen MR) is 78.0 cm³/mol. The number of nitrogens with zero attached hydrogens (tertiary/aromatic N) is 2. The summed E-state index contributed by atoms with van der Waals surface area (Å²) >= 11 is 0. The average molecular weight is 259 g/mol. The molecule has 0 aliphatic heterocycles. The summed E-state index contributed by atoms with van der Waals surface area (Å²) in [5, 5.41) is 3.30. The molecule has 0 saturated carbocycles. The van der Waals surface area contributed by atoms with Gasteiger partial charge in [-0.05, 0) is 31.9 Å². The summed E-state index contributed by atoms with van der Waals surface area (Å²) in [5.74, 6) is 0.893. The summed E-state index contributed by atoms with van der Waals surface area (Å²) in [6, 6.07) is 8.37. The molecule has 0 aliphatic carbocycles. The summed E-state index contributed by atoms with van der Waals surface area (Å²) in [6.07, 6.45) is 2.96. The third-order valence-corrected chi connectivity index (χ3v) is 2.99. The quantitative estimate of drug-likeness (QED) is 0.867. The van der Waals surface area contributed by atoms with Gasteiger partial charge in [0, 0.05) is 19.9 Å². The van der Waals surface area contributed by atoms with Crippen LogP contribution in [0.4, 0.5) is 5.95 Å². The summed E-state index contributed by atoms with van der Waals surface area (Å²) in [7, 11) is 1.73. The minimum Gasteiger partial charge on any atom is -0.384 e. The first kappa shape index (κ1) is 13.6. The Kier molecular flexibility index (Phi) is 4.58. The van der Waals surface area contributed by atoms with Crippen molar-refractivity contribution in [2.45, 2.75) is 20.3 Å². The van der Waals surface area contributed by atoms with E-state index < -0.39 is 0 Å². The molecule has 0 radical (unpaired) electrons. The van der Waals surface area contributed by atoms with Gasteiger partial charge in [0.15, 0.2) is 0 Å². The van der Waals surface area contributed by atoms with Crippen LogP contribution in [0.5, 0.6) is 0 Å². The Bertz CT molecular complexity index is 534. The van der Waals surface area contributed by atoms with Gasteiger partial charge >= 0.3 is 0 Å². The Morgan fingerprint density at radius 2 is 2.11 bits per heavy atom. The van der Waals surface area contributed by atoms with E-state index in [4.69, 9.17) is 4.74 Å². The molecule has 0 bridgehead atoms. The molecule has 0 atom stereocenters. The van der Waals surface area contributed by atoms with Gasteiger partial charge in [-0.25, -0.2) is 4.98 Å². The summed E-state index contributed by atoms with van der Waals surface area (Å²) in [6.45, 7) is 5.66. The Hall–Kier alpha value is -1.81. The molecule has 102 valence electrons. The zero-order valence-electron chi connectivity index (χ0n) is 11.8. The Labute approximate surface area is 114 Å². The Balaban J connectivity index is 2.40. The average Bonchev–Trinajstić information content (AvgIpc) is 2.78. The molecule has 0 aliphatic rings. The maximum Gasteiger partial charge on any atom is 0.207 e. The fraction of sp³-hybridized carbons (Fsp3) is 0.400. The molecule has 19 heavy (non-hydrogen) atoms. The van der Waals surface area contributed by atoms with E-state index in [0.717, 1.165) is 36.9 Å². The fourth-order valence-electron chi connectivity index (χ4n) is 2.13. The van der Waals surface area contributed by atoms with E-state index in [1.807, 2.05) is 6.92 Å². The van der Waals surface area contributed by atoms with Crippen LogP contribution in [-0.4, -0.2) is 29.8 Å². The van der Waals surface area contributed by atoms with Gasteiger partial charge in [-0.15, -0.1) is 0 Å². The number of hydrogen-bond donors (Lipinski definition) is 1. The Morgan fingerprint density at radius 1 is 1.32 bits per heavy atom. The van der Waals surface area contributed by atoms with Crippen molar-refractivity contribution in [3.63, 3.8) is 0 Å². The van der Waals surface area contributed by atoms with Crippen molar-refractivity contribution in [1.29, 1.82) is 0 Å². The van der Waals surface area contributed by atoms with E-state index in [2.05, 4.69) is 52.3 Å². The number of nitrogens with one attached hydrogen (secondary N) is 1. The number of anilines is 1. The van der Waals surface area contributed by atoms with Crippen LogP contribution in [0.25, 0.3) is 5.69 Å². The third-order valence-electron chi connectivity index (χ3n) is 2.99. The number of hydrogen-bond acceptors (Lipinski definition) is 3. The maximum absolute atomic E-state index is 5.18. The summed E-state index contributed by atoms with van der Waals surface area (Å²) < 4.78 is 7.29. The molecule has 2 aromatic rings. The van der Waals surface area contributed by atoms with E-state index >= 15 is 0 Å². The lowest BCUT2D eigenvalue weighted by molar-refractivity contribution is 0.202. The molecule has 1 aromatic heterocycles. The molecule has 0 spiro atoms. The smallest absolute Gasteiger partial charge is 0.207 e. The number of imidazole rings is 1. The van der Waals surface area contributed by atoms with Crippen LogP contribution in [0.15, 0.2) is 30.5 Å². The van der Waals surface area contributed by atoms with Crippen molar-refractivity contribution in [3.05, 3.63) is 41.7 Å². The highest BCUT2D eigenvalue weighted by atomic mass is 16.5. The van der Waals surface area contributed by atoms with Crippen molar-refractivity contribution < 1.29 is 4.74 Å². The topological polar surface area (TPSA) is 39.1 Å². The number of aromatic nitrogens is 2. The van der Waals surface area contributed by atoms with Gasteiger partial charge in [-0.2, -0.15) is 0 Å². The van der Waals surface area contributed by atoms with Crippen molar-refractivity contribution in [1.82, 2.24) is 9.55 Å². The van der Waals surface area contributed by atoms with Crippen LogP contribution < -0.4 is 5.32 Å². The van der Waals surface area contributed by atoms with E-state index in [1.165, 1.54) is 5.56 Å². The van der Waals surface area contributed by atoms with E-state index in [-0.39, 0.29) is 0 Å².